The number of halogens is 2. The summed E-state index contributed by atoms with van der Waals surface area (Å²) < 4.78 is 33.7. The molecule has 0 fully saturated rings. The first-order valence-corrected chi connectivity index (χ1v) is 8.55. The van der Waals surface area contributed by atoms with Gasteiger partial charge in [0, 0.05) is 11.8 Å². The molecular formula is C21H18F2N2O3. The summed E-state index contributed by atoms with van der Waals surface area (Å²) in [5.74, 6) is -1.27. The first kappa shape index (κ1) is 19.3. The van der Waals surface area contributed by atoms with Crippen LogP contribution in [0.15, 0.2) is 65.6 Å². The number of nitrogens with one attached hydrogen (secondary N) is 1. The second-order valence-electron chi connectivity index (χ2n) is 6.21. The van der Waals surface area contributed by atoms with Crippen molar-refractivity contribution in [1.29, 1.82) is 0 Å². The lowest BCUT2D eigenvalue weighted by Crippen LogP contribution is -2.22. The molecule has 1 N–H and O–H groups in total. The number of para-hydroxylation sites is 1. The maximum Gasteiger partial charge on any atom is 0.244 e. The van der Waals surface area contributed by atoms with Crippen LogP contribution in [0, 0.1) is 18.6 Å². The molecule has 144 valence electrons. The van der Waals surface area contributed by atoms with Crippen LogP contribution in [0.5, 0.6) is 5.75 Å². The fraction of sp³-hybridized carbons (Fsp3) is 0.143. The van der Waals surface area contributed by atoms with Crippen LogP contribution in [-0.4, -0.2) is 10.5 Å². The van der Waals surface area contributed by atoms with Crippen LogP contribution in [0.25, 0.3) is 0 Å². The van der Waals surface area contributed by atoms with E-state index in [0.29, 0.717) is 11.3 Å². The van der Waals surface area contributed by atoms with Crippen molar-refractivity contribution in [2.45, 2.75) is 20.1 Å². The highest BCUT2D eigenvalue weighted by Gasteiger charge is 2.11. The Labute approximate surface area is 160 Å². The highest BCUT2D eigenvalue weighted by atomic mass is 19.1. The van der Waals surface area contributed by atoms with Crippen LogP contribution in [0.3, 0.4) is 0 Å². The molecule has 0 saturated heterocycles. The van der Waals surface area contributed by atoms with Crippen molar-refractivity contribution < 1.29 is 18.3 Å². The summed E-state index contributed by atoms with van der Waals surface area (Å²) in [6.07, 6.45) is 1.43. The van der Waals surface area contributed by atoms with Gasteiger partial charge in [-0.2, -0.15) is 0 Å². The molecule has 0 saturated carbocycles. The largest absolute Gasteiger partial charge is 0.483 e. The second kappa shape index (κ2) is 8.47. The number of anilines is 1. The second-order valence-corrected chi connectivity index (χ2v) is 6.21. The molecule has 7 heteroatoms. The molecule has 1 aromatic heterocycles. The predicted octanol–water partition coefficient (Wildman–Crippen LogP) is 3.65. The van der Waals surface area contributed by atoms with Crippen LogP contribution in [-0.2, 0) is 17.9 Å². The quantitative estimate of drug-likeness (QED) is 0.706. The number of aryl methyl sites for hydroxylation is 1. The minimum Gasteiger partial charge on any atom is -0.483 e. The number of pyridine rings is 1. The van der Waals surface area contributed by atoms with Crippen LogP contribution in [0.2, 0.25) is 0 Å². The Bertz CT molecular complexity index is 1050. The molecule has 1 heterocycles. The maximum absolute atomic E-state index is 13.7. The number of hydrogen-bond acceptors (Lipinski definition) is 3. The Morgan fingerprint density at radius 1 is 1.11 bits per heavy atom. The molecule has 2 aromatic carbocycles. The average Bonchev–Trinajstić information content (AvgIpc) is 2.66. The summed E-state index contributed by atoms with van der Waals surface area (Å²) in [6, 6.07) is 12.9. The van der Waals surface area contributed by atoms with Gasteiger partial charge in [0.25, 0.3) is 0 Å². The fourth-order valence-electron chi connectivity index (χ4n) is 2.58. The Morgan fingerprint density at radius 3 is 2.54 bits per heavy atom. The molecule has 0 spiro atoms. The molecular weight excluding hydrogens is 366 g/mol. The van der Waals surface area contributed by atoms with Gasteiger partial charge in [-0.15, -0.1) is 0 Å². The van der Waals surface area contributed by atoms with E-state index in [9.17, 15) is 18.4 Å². The Kier molecular flexibility index (Phi) is 5.84. The minimum atomic E-state index is -0.532. The first-order valence-electron chi connectivity index (χ1n) is 8.55. The maximum atomic E-state index is 13.7. The normalized spacial score (nSPS) is 10.5. The SMILES string of the molecule is Cc1cc(=O)c(OCc2ccc(F)cc2)cn1CC(=O)Nc1ccccc1F. The summed E-state index contributed by atoms with van der Waals surface area (Å²) in [5, 5.41) is 2.49. The summed E-state index contributed by atoms with van der Waals surface area (Å²) >= 11 is 0. The molecule has 1 amide bonds. The van der Waals surface area contributed by atoms with E-state index in [1.165, 1.54) is 47.2 Å². The monoisotopic (exact) mass is 384 g/mol. The lowest BCUT2D eigenvalue weighted by molar-refractivity contribution is -0.116. The van der Waals surface area contributed by atoms with Gasteiger partial charge in [-0.05, 0) is 36.8 Å². The molecule has 0 aliphatic rings. The van der Waals surface area contributed by atoms with Gasteiger partial charge >= 0.3 is 0 Å². The van der Waals surface area contributed by atoms with E-state index in [1.807, 2.05) is 0 Å². The van der Waals surface area contributed by atoms with E-state index in [-0.39, 0.29) is 35.8 Å². The third kappa shape index (κ3) is 4.82. The van der Waals surface area contributed by atoms with Crippen molar-refractivity contribution >= 4 is 11.6 Å². The molecule has 0 unspecified atom stereocenters. The van der Waals surface area contributed by atoms with Gasteiger partial charge in [-0.25, -0.2) is 8.78 Å². The molecule has 0 bridgehead atoms. The lowest BCUT2D eigenvalue weighted by Gasteiger charge is -2.14. The highest BCUT2D eigenvalue weighted by molar-refractivity contribution is 5.90. The van der Waals surface area contributed by atoms with Gasteiger partial charge in [0.1, 0.15) is 24.8 Å². The summed E-state index contributed by atoms with van der Waals surface area (Å²) in [7, 11) is 0. The number of ether oxygens (including phenoxy) is 1. The van der Waals surface area contributed by atoms with E-state index in [0.717, 1.165) is 0 Å². The van der Waals surface area contributed by atoms with Crippen molar-refractivity contribution in [2.75, 3.05) is 5.32 Å². The fourth-order valence-corrected chi connectivity index (χ4v) is 2.58. The summed E-state index contributed by atoms with van der Waals surface area (Å²) in [5.41, 5.74) is 1.01. The molecule has 0 atom stereocenters. The number of aromatic nitrogens is 1. The molecule has 0 aliphatic heterocycles. The molecule has 5 nitrogen and oxygen atoms in total. The first-order chi connectivity index (χ1) is 13.4. The van der Waals surface area contributed by atoms with Gasteiger partial charge in [-0.1, -0.05) is 24.3 Å². The van der Waals surface area contributed by atoms with Crippen molar-refractivity contribution in [3.63, 3.8) is 0 Å². The zero-order valence-corrected chi connectivity index (χ0v) is 15.1. The number of benzene rings is 2. The summed E-state index contributed by atoms with van der Waals surface area (Å²) in [4.78, 5) is 24.4. The lowest BCUT2D eigenvalue weighted by atomic mass is 10.2. The van der Waals surface area contributed by atoms with Gasteiger partial charge in [0.2, 0.25) is 11.3 Å². The summed E-state index contributed by atoms with van der Waals surface area (Å²) in [6.45, 7) is 1.65. The van der Waals surface area contributed by atoms with Crippen molar-refractivity contribution in [3.05, 3.63) is 93.9 Å². The van der Waals surface area contributed by atoms with Crippen LogP contribution >= 0.6 is 0 Å². The minimum absolute atomic E-state index is 0.0635. The topological polar surface area (TPSA) is 60.3 Å². The predicted molar refractivity (Wildman–Crippen MR) is 101 cm³/mol. The number of nitrogens with zero attached hydrogens (tertiary/aromatic N) is 1. The molecule has 0 aliphatic carbocycles. The number of rotatable bonds is 6. The highest BCUT2D eigenvalue weighted by Crippen LogP contribution is 2.14. The Balaban J connectivity index is 1.71. The average molecular weight is 384 g/mol. The Morgan fingerprint density at radius 2 is 1.82 bits per heavy atom. The van der Waals surface area contributed by atoms with E-state index in [1.54, 1.807) is 25.1 Å². The van der Waals surface area contributed by atoms with Crippen LogP contribution < -0.4 is 15.5 Å². The number of hydrogen-bond donors (Lipinski definition) is 1. The van der Waals surface area contributed by atoms with Crippen molar-refractivity contribution in [2.24, 2.45) is 0 Å². The molecule has 3 rings (SSSR count). The standard InChI is InChI=1S/C21H18F2N2O3/c1-14-10-19(26)20(28-13-15-6-8-16(22)9-7-15)11-25(14)12-21(27)24-18-5-3-2-4-17(18)23/h2-11H,12-13H2,1H3,(H,24,27). The molecule has 0 radical (unpaired) electrons. The van der Waals surface area contributed by atoms with E-state index in [4.69, 9.17) is 4.74 Å². The van der Waals surface area contributed by atoms with E-state index in [2.05, 4.69) is 5.32 Å². The number of amides is 1. The zero-order chi connectivity index (χ0) is 20.1. The van der Waals surface area contributed by atoms with Crippen molar-refractivity contribution in [1.82, 2.24) is 4.57 Å². The van der Waals surface area contributed by atoms with Crippen LogP contribution in [0.4, 0.5) is 14.5 Å². The van der Waals surface area contributed by atoms with Gasteiger partial charge in [-0.3, -0.25) is 9.59 Å². The van der Waals surface area contributed by atoms with Crippen LogP contribution in [0.1, 0.15) is 11.3 Å². The van der Waals surface area contributed by atoms with Crippen molar-refractivity contribution in [3.8, 4) is 5.75 Å². The van der Waals surface area contributed by atoms with E-state index >= 15 is 0 Å². The van der Waals surface area contributed by atoms with E-state index < -0.39 is 11.7 Å². The van der Waals surface area contributed by atoms with Gasteiger partial charge in [0.05, 0.1) is 11.9 Å². The number of carbonyl (C=O) groups excluding carboxylic acids is 1. The smallest absolute Gasteiger partial charge is 0.244 e. The zero-order valence-electron chi connectivity index (χ0n) is 15.1. The third-order valence-corrected chi connectivity index (χ3v) is 4.08. The Hall–Kier alpha value is -3.48. The third-order valence-electron chi connectivity index (χ3n) is 4.08. The van der Waals surface area contributed by atoms with Gasteiger partial charge in [0.15, 0.2) is 5.75 Å². The molecule has 28 heavy (non-hydrogen) atoms. The molecule has 3 aromatic rings. The van der Waals surface area contributed by atoms with Gasteiger partial charge < -0.3 is 14.6 Å². The number of carbonyl (C=O) groups is 1.